The smallest absolute Gasteiger partial charge is 0.270 e. The first-order valence-electron chi connectivity index (χ1n) is 9.14. The summed E-state index contributed by atoms with van der Waals surface area (Å²) in [7, 11) is -3.58. The fourth-order valence-electron chi connectivity index (χ4n) is 3.25. The summed E-state index contributed by atoms with van der Waals surface area (Å²) in [6.07, 6.45) is 2.75. The van der Waals surface area contributed by atoms with Gasteiger partial charge in [0.2, 0.25) is 21.8 Å². The van der Waals surface area contributed by atoms with Crippen LogP contribution in [0.3, 0.4) is 0 Å². The Hall–Kier alpha value is -3.11. The number of nitrogens with zero attached hydrogens (tertiary/aromatic N) is 4. The number of hydrogen-bond donors (Lipinski definition) is 0. The van der Waals surface area contributed by atoms with Crippen molar-refractivity contribution in [2.24, 2.45) is 0 Å². The Morgan fingerprint density at radius 3 is 2.21 bits per heavy atom. The van der Waals surface area contributed by atoms with Crippen molar-refractivity contribution in [1.29, 1.82) is 0 Å². The first-order chi connectivity index (χ1) is 13.9. The summed E-state index contributed by atoms with van der Waals surface area (Å²) in [5.41, 5.74) is 0.791. The molecule has 150 valence electrons. The van der Waals surface area contributed by atoms with Crippen LogP contribution in [0.1, 0.15) is 19.3 Å². The van der Waals surface area contributed by atoms with Crippen LogP contribution in [0.15, 0.2) is 57.8 Å². The second kappa shape index (κ2) is 7.72. The molecule has 0 unspecified atom stereocenters. The fraction of sp³-hybridized carbons (Fsp3) is 0.263. The topological polar surface area (TPSA) is 119 Å². The van der Waals surface area contributed by atoms with Gasteiger partial charge in [-0.15, -0.1) is 10.2 Å². The zero-order chi connectivity index (χ0) is 20.4. The molecule has 0 aliphatic carbocycles. The molecule has 3 aromatic rings. The van der Waals surface area contributed by atoms with Crippen LogP contribution in [0.2, 0.25) is 0 Å². The summed E-state index contributed by atoms with van der Waals surface area (Å²) in [6.45, 7) is 1.04. The van der Waals surface area contributed by atoms with Gasteiger partial charge in [0.15, 0.2) is 0 Å². The number of non-ortho nitro benzene ring substituents is 1. The molecule has 1 saturated heterocycles. The summed E-state index contributed by atoms with van der Waals surface area (Å²) in [5, 5.41) is 18.9. The van der Waals surface area contributed by atoms with Crippen molar-refractivity contribution in [3.8, 4) is 22.9 Å². The first kappa shape index (κ1) is 19.2. The van der Waals surface area contributed by atoms with Crippen molar-refractivity contribution in [3.05, 3.63) is 58.6 Å². The summed E-state index contributed by atoms with van der Waals surface area (Å²) in [4.78, 5) is 10.6. The van der Waals surface area contributed by atoms with E-state index in [0.29, 0.717) is 24.2 Å². The summed E-state index contributed by atoms with van der Waals surface area (Å²) in [5.74, 6) is 0.259. The van der Waals surface area contributed by atoms with Crippen molar-refractivity contribution in [1.82, 2.24) is 14.5 Å². The molecule has 0 saturated carbocycles. The molecule has 1 aromatic heterocycles. The van der Waals surface area contributed by atoms with Crippen LogP contribution in [0.5, 0.6) is 0 Å². The normalized spacial score (nSPS) is 15.3. The van der Waals surface area contributed by atoms with E-state index < -0.39 is 14.9 Å². The van der Waals surface area contributed by atoms with Crippen LogP contribution in [-0.4, -0.2) is 40.9 Å². The van der Waals surface area contributed by atoms with Gasteiger partial charge in [-0.25, -0.2) is 8.42 Å². The lowest BCUT2D eigenvalue weighted by Crippen LogP contribution is -2.35. The molecule has 29 heavy (non-hydrogen) atoms. The van der Waals surface area contributed by atoms with E-state index in [1.807, 2.05) is 0 Å². The summed E-state index contributed by atoms with van der Waals surface area (Å²) >= 11 is 0. The lowest BCUT2D eigenvalue weighted by molar-refractivity contribution is -0.384. The van der Waals surface area contributed by atoms with Gasteiger partial charge in [0.25, 0.3) is 5.69 Å². The molecule has 4 rings (SSSR count). The van der Waals surface area contributed by atoms with Crippen molar-refractivity contribution in [2.45, 2.75) is 24.2 Å². The van der Waals surface area contributed by atoms with Gasteiger partial charge < -0.3 is 4.42 Å². The molecule has 1 aliphatic heterocycles. The first-order valence-corrected chi connectivity index (χ1v) is 10.6. The Balaban J connectivity index is 1.64. The lowest BCUT2D eigenvalue weighted by Gasteiger charge is -2.25. The number of piperidine rings is 1. The zero-order valence-corrected chi connectivity index (χ0v) is 16.2. The highest BCUT2D eigenvalue weighted by atomic mass is 32.2. The van der Waals surface area contributed by atoms with Gasteiger partial charge in [-0.3, -0.25) is 10.1 Å². The third-order valence-corrected chi connectivity index (χ3v) is 6.66. The molecule has 0 radical (unpaired) electrons. The van der Waals surface area contributed by atoms with Gasteiger partial charge in [-0.2, -0.15) is 4.31 Å². The second-order valence-corrected chi connectivity index (χ2v) is 8.65. The predicted molar refractivity (Wildman–Crippen MR) is 104 cm³/mol. The maximum absolute atomic E-state index is 12.9. The van der Waals surface area contributed by atoms with Crippen LogP contribution < -0.4 is 0 Å². The molecular weight excluding hydrogens is 396 g/mol. The number of rotatable bonds is 5. The van der Waals surface area contributed by atoms with E-state index in [1.165, 1.54) is 28.6 Å². The minimum Gasteiger partial charge on any atom is -0.416 e. The molecule has 10 heteroatoms. The molecule has 0 bridgehead atoms. The Labute approximate surface area is 167 Å². The minimum absolute atomic E-state index is 0.0862. The van der Waals surface area contributed by atoms with E-state index in [-0.39, 0.29) is 22.4 Å². The second-order valence-electron chi connectivity index (χ2n) is 6.71. The SMILES string of the molecule is O=[N+]([O-])c1cccc(-c2nnc(-c3cccc(S(=O)(=O)N4CCCCC4)c3)o2)c1. The van der Waals surface area contributed by atoms with Gasteiger partial charge in [0.1, 0.15) is 0 Å². The average Bonchev–Trinajstić information content (AvgIpc) is 3.25. The molecule has 1 fully saturated rings. The van der Waals surface area contributed by atoms with Crippen molar-refractivity contribution in [3.63, 3.8) is 0 Å². The highest BCUT2D eigenvalue weighted by Gasteiger charge is 2.26. The molecule has 2 aromatic carbocycles. The number of nitro benzene ring substituents is 1. The maximum Gasteiger partial charge on any atom is 0.270 e. The average molecular weight is 414 g/mol. The Morgan fingerprint density at radius 2 is 1.55 bits per heavy atom. The third-order valence-electron chi connectivity index (χ3n) is 4.76. The van der Waals surface area contributed by atoms with Crippen molar-refractivity contribution in [2.75, 3.05) is 13.1 Å². The fourth-order valence-corrected chi connectivity index (χ4v) is 4.82. The summed E-state index contributed by atoms with van der Waals surface area (Å²) in [6, 6.07) is 12.2. The Kier molecular flexibility index (Phi) is 5.12. The highest BCUT2D eigenvalue weighted by Crippen LogP contribution is 2.28. The quantitative estimate of drug-likeness (QED) is 0.463. The molecule has 0 atom stereocenters. The van der Waals surface area contributed by atoms with Gasteiger partial charge in [0.05, 0.1) is 9.82 Å². The van der Waals surface area contributed by atoms with E-state index in [0.717, 1.165) is 19.3 Å². The number of sulfonamides is 1. The van der Waals surface area contributed by atoms with Crippen LogP contribution >= 0.6 is 0 Å². The monoisotopic (exact) mass is 414 g/mol. The number of aromatic nitrogens is 2. The number of hydrogen-bond acceptors (Lipinski definition) is 7. The molecule has 0 N–H and O–H groups in total. The van der Waals surface area contributed by atoms with Gasteiger partial charge in [0, 0.05) is 36.3 Å². The third kappa shape index (κ3) is 3.89. The summed E-state index contributed by atoms with van der Waals surface area (Å²) < 4.78 is 32.9. The molecular formula is C19H18N4O5S. The van der Waals surface area contributed by atoms with E-state index >= 15 is 0 Å². The lowest BCUT2D eigenvalue weighted by atomic mass is 10.2. The molecule has 0 amide bonds. The van der Waals surface area contributed by atoms with Crippen LogP contribution in [-0.2, 0) is 10.0 Å². The van der Waals surface area contributed by atoms with Gasteiger partial charge in [-0.1, -0.05) is 18.6 Å². The van der Waals surface area contributed by atoms with E-state index in [4.69, 9.17) is 4.42 Å². The maximum atomic E-state index is 12.9. The largest absolute Gasteiger partial charge is 0.416 e. The minimum atomic E-state index is -3.58. The van der Waals surface area contributed by atoms with Gasteiger partial charge >= 0.3 is 0 Å². The van der Waals surface area contributed by atoms with Crippen LogP contribution in [0.25, 0.3) is 22.9 Å². The predicted octanol–water partition coefficient (Wildman–Crippen LogP) is 3.49. The molecule has 0 spiro atoms. The zero-order valence-electron chi connectivity index (χ0n) is 15.4. The van der Waals surface area contributed by atoms with Crippen LogP contribution in [0, 0.1) is 10.1 Å². The number of benzene rings is 2. The highest BCUT2D eigenvalue weighted by molar-refractivity contribution is 7.89. The van der Waals surface area contributed by atoms with Crippen LogP contribution in [0.4, 0.5) is 5.69 Å². The molecule has 1 aliphatic rings. The number of nitro groups is 1. The van der Waals surface area contributed by atoms with E-state index in [1.54, 1.807) is 24.3 Å². The molecule has 9 nitrogen and oxygen atoms in total. The van der Waals surface area contributed by atoms with Crippen molar-refractivity contribution >= 4 is 15.7 Å². The van der Waals surface area contributed by atoms with Crippen molar-refractivity contribution < 1.29 is 17.8 Å². The Bertz CT molecular complexity index is 1150. The van der Waals surface area contributed by atoms with E-state index in [2.05, 4.69) is 10.2 Å². The van der Waals surface area contributed by atoms with Gasteiger partial charge in [-0.05, 0) is 37.1 Å². The van der Waals surface area contributed by atoms with E-state index in [9.17, 15) is 18.5 Å². The molecule has 2 heterocycles. The standard InChI is InChI=1S/C19H18N4O5S/c24-23(25)16-8-4-6-14(12-16)18-20-21-19(28-18)15-7-5-9-17(13-15)29(26,27)22-10-2-1-3-11-22/h4-9,12-13H,1-3,10-11H2. The Morgan fingerprint density at radius 1 is 0.931 bits per heavy atom.